The molecule has 0 aliphatic carbocycles. The summed E-state index contributed by atoms with van der Waals surface area (Å²) in [4.78, 5) is 13.3. The zero-order chi connectivity index (χ0) is 10.7. The van der Waals surface area contributed by atoms with Crippen molar-refractivity contribution in [2.45, 2.75) is 32.5 Å². The van der Waals surface area contributed by atoms with Crippen molar-refractivity contribution in [2.24, 2.45) is 5.92 Å². The van der Waals surface area contributed by atoms with Crippen molar-refractivity contribution < 1.29 is 14.6 Å². The molecule has 1 amide bonds. The van der Waals surface area contributed by atoms with Gasteiger partial charge in [0.2, 0.25) is 0 Å². The number of ether oxygens (including phenoxy) is 1. The van der Waals surface area contributed by atoms with E-state index < -0.39 is 6.10 Å². The number of rotatable bonds is 3. The largest absolute Gasteiger partial charge is 0.392 e. The van der Waals surface area contributed by atoms with E-state index in [2.05, 4.69) is 0 Å². The number of likely N-dealkylation sites (N-methyl/N-ethyl adjacent to an activating group) is 1. The fourth-order valence-electron chi connectivity index (χ4n) is 1.71. The normalized spacial score (nSPS) is 28.9. The van der Waals surface area contributed by atoms with E-state index in [1.54, 1.807) is 14.0 Å². The summed E-state index contributed by atoms with van der Waals surface area (Å²) in [5.74, 6) is 0.273. The molecule has 1 rings (SSSR count). The lowest BCUT2D eigenvalue weighted by molar-refractivity contribution is -0.142. The standard InChI is InChI=1S/C10H19NO3/c1-7-4-5-14-9(7)10(13)11(3)6-8(2)12/h7-9,12H,4-6H2,1-3H3. The number of hydrogen-bond acceptors (Lipinski definition) is 3. The number of nitrogens with zero attached hydrogens (tertiary/aromatic N) is 1. The first-order valence-corrected chi connectivity index (χ1v) is 5.07. The van der Waals surface area contributed by atoms with Crippen LogP contribution in [0.4, 0.5) is 0 Å². The summed E-state index contributed by atoms with van der Waals surface area (Å²) in [6.45, 7) is 4.72. The third-order valence-electron chi connectivity index (χ3n) is 2.55. The van der Waals surface area contributed by atoms with Crippen LogP contribution in [0.3, 0.4) is 0 Å². The Morgan fingerprint density at radius 1 is 1.71 bits per heavy atom. The summed E-state index contributed by atoms with van der Waals surface area (Å²) in [6.07, 6.45) is 0.151. The second-order valence-corrected chi connectivity index (χ2v) is 4.13. The van der Waals surface area contributed by atoms with Crippen LogP contribution in [-0.2, 0) is 9.53 Å². The van der Waals surface area contributed by atoms with E-state index in [9.17, 15) is 4.79 Å². The highest BCUT2D eigenvalue weighted by Gasteiger charge is 2.32. The van der Waals surface area contributed by atoms with Crippen LogP contribution in [0.2, 0.25) is 0 Å². The smallest absolute Gasteiger partial charge is 0.251 e. The molecule has 1 aliphatic rings. The van der Waals surface area contributed by atoms with Gasteiger partial charge in [-0.2, -0.15) is 0 Å². The Kier molecular flexibility index (Phi) is 3.89. The van der Waals surface area contributed by atoms with Gasteiger partial charge in [-0.05, 0) is 19.3 Å². The highest BCUT2D eigenvalue weighted by molar-refractivity contribution is 5.81. The second kappa shape index (κ2) is 4.75. The predicted molar refractivity (Wildman–Crippen MR) is 52.8 cm³/mol. The lowest BCUT2D eigenvalue weighted by Crippen LogP contribution is -2.41. The molecule has 4 heteroatoms. The van der Waals surface area contributed by atoms with Gasteiger partial charge in [0.25, 0.3) is 5.91 Å². The SMILES string of the molecule is CC(O)CN(C)C(=O)C1OCCC1C. The van der Waals surface area contributed by atoms with E-state index in [1.165, 1.54) is 4.90 Å². The first kappa shape index (κ1) is 11.5. The molecule has 4 nitrogen and oxygen atoms in total. The second-order valence-electron chi connectivity index (χ2n) is 4.13. The van der Waals surface area contributed by atoms with Crippen LogP contribution in [-0.4, -0.2) is 48.3 Å². The topological polar surface area (TPSA) is 49.8 Å². The van der Waals surface area contributed by atoms with Gasteiger partial charge in [-0.15, -0.1) is 0 Å². The Labute approximate surface area is 84.8 Å². The van der Waals surface area contributed by atoms with Crippen molar-refractivity contribution in [1.82, 2.24) is 4.90 Å². The zero-order valence-electron chi connectivity index (χ0n) is 9.06. The van der Waals surface area contributed by atoms with Gasteiger partial charge in [0.15, 0.2) is 0 Å². The Hall–Kier alpha value is -0.610. The van der Waals surface area contributed by atoms with E-state index >= 15 is 0 Å². The maximum absolute atomic E-state index is 11.8. The first-order valence-electron chi connectivity index (χ1n) is 5.07. The average Bonchev–Trinajstić information content (AvgIpc) is 2.48. The molecule has 82 valence electrons. The Balaban J connectivity index is 2.47. The summed E-state index contributed by atoms with van der Waals surface area (Å²) in [5.41, 5.74) is 0. The minimum atomic E-state index is -0.486. The van der Waals surface area contributed by atoms with Gasteiger partial charge in [-0.3, -0.25) is 4.79 Å². The molecular formula is C10H19NO3. The molecule has 3 atom stereocenters. The quantitative estimate of drug-likeness (QED) is 0.712. The summed E-state index contributed by atoms with van der Waals surface area (Å²) in [7, 11) is 1.70. The molecule has 14 heavy (non-hydrogen) atoms. The summed E-state index contributed by atoms with van der Waals surface area (Å²) < 4.78 is 5.36. The van der Waals surface area contributed by atoms with Crippen molar-refractivity contribution in [2.75, 3.05) is 20.2 Å². The van der Waals surface area contributed by atoms with Gasteiger partial charge in [-0.1, -0.05) is 6.92 Å². The number of aliphatic hydroxyl groups excluding tert-OH is 1. The predicted octanol–water partition coefficient (Wildman–Crippen LogP) is 0.251. The van der Waals surface area contributed by atoms with Gasteiger partial charge in [-0.25, -0.2) is 0 Å². The molecule has 0 saturated carbocycles. The van der Waals surface area contributed by atoms with Crippen molar-refractivity contribution >= 4 is 5.91 Å². The highest BCUT2D eigenvalue weighted by Crippen LogP contribution is 2.21. The molecule has 0 aromatic heterocycles. The summed E-state index contributed by atoms with van der Waals surface area (Å²) >= 11 is 0. The third-order valence-corrected chi connectivity index (χ3v) is 2.55. The number of carbonyl (C=O) groups is 1. The van der Waals surface area contributed by atoms with Gasteiger partial charge in [0.05, 0.1) is 6.10 Å². The molecule has 0 aromatic carbocycles. The third kappa shape index (κ3) is 2.69. The number of hydrogen-bond donors (Lipinski definition) is 1. The van der Waals surface area contributed by atoms with Crippen LogP contribution in [0.25, 0.3) is 0 Å². The van der Waals surface area contributed by atoms with Crippen molar-refractivity contribution in [3.05, 3.63) is 0 Å². The summed E-state index contributed by atoms with van der Waals surface area (Å²) in [6, 6.07) is 0. The number of aliphatic hydroxyl groups is 1. The Morgan fingerprint density at radius 2 is 2.36 bits per heavy atom. The monoisotopic (exact) mass is 201 g/mol. The van der Waals surface area contributed by atoms with E-state index in [0.29, 0.717) is 19.1 Å². The van der Waals surface area contributed by atoms with E-state index in [-0.39, 0.29) is 12.0 Å². The first-order chi connectivity index (χ1) is 6.52. The number of amides is 1. The van der Waals surface area contributed by atoms with Crippen LogP contribution in [0.15, 0.2) is 0 Å². The average molecular weight is 201 g/mol. The van der Waals surface area contributed by atoms with Crippen LogP contribution in [0.1, 0.15) is 20.3 Å². The maximum Gasteiger partial charge on any atom is 0.251 e. The molecule has 3 unspecified atom stereocenters. The molecule has 1 aliphatic heterocycles. The van der Waals surface area contributed by atoms with Gasteiger partial charge in [0.1, 0.15) is 6.10 Å². The number of carbonyl (C=O) groups excluding carboxylic acids is 1. The van der Waals surface area contributed by atoms with Gasteiger partial charge < -0.3 is 14.7 Å². The molecule has 1 saturated heterocycles. The minimum Gasteiger partial charge on any atom is -0.392 e. The molecule has 0 aromatic rings. The van der Waals surface area contributed by atoms with Crippen molar-refractivity contribution in [3.63, 3.8) is 0 Å². The fourth-order valence-corrected chi connectivity index (χ4v) is 1.71. The summed E-state index contributed by atoms with van der Waals surface area (Å²) in [5, 5.41) is 9.15. The molecule has 1 heterocycles. The zero-order valence-corrected chi connectivity index (χ0v) is 9.06. The van der Waals surface area contributed by atoms with Gasteiger partial charge in [0, 0.05) is 20.2 Å². The Morgan fingerprint density at radius 3 is 2.79 bits per heavy atom. The van der Waals surface area contributed by atoms with Crippen molar-refractivity contribution in [3.8, 4) is 0 Å². The lowest BCUT2D eigenvalue weighted by atomic mass is 10.0. The minimum absolute atomic E-state index is 0.0177. The van der Waals surface area contributed by atoms with Crippen LogP contribution < -0.4 is 0 Å². The highest BCUT2D eigenvalue weighted by atomic mass is 16.5. The van der Waals surface area contributed by atoms with Crippen LogP contribution >= 0.6 is 0 Å². The molecule has 0 spiro atoms. The molecule has 1 fully saturated rings. The van der Waals surface area contributed by atoms with Gasteiger partial charge >= 0.3 is 0 Å². The molecule has 0 radical (unpaired) electrons. The van der Waals surface area contributed by atoms with Crippen molar-refractivity contribution in [1.29, 1.82) is 0 Å². The lowest BCUT2D eigenvalue weighted by Gasteiger charge is -2.23. The van der Waals surface area contributed by atoms with Crippen LogP contribution in [0.5, 0.6) is 0 Å². The molecule has 1 N–H and O–H groups in total. The van der Waals surface area contributed by atoms with E-state index in [1.807, 2.05) is 6.92 Å². The Bertz CT molecular complexity index is 206. The fraction of sp³-hybridized carbons (Fsp3) is 0.900. The van der Waals surface area contributed by atoms with Crippen LogP contribution in [0, 0.1) is 5.92 Å². The van der Waals surface area contributed by atoms with E-state index in [0.717, 1.165) is 6.42 Å². The maximum atomic E-state index is 11.8. The molecular weight excluding hydrogens is 182 g/mol. The molecule has 0 bridgehead atoms. The van der Waals surface area contributed by atoms with E-state index in [4.69, 9.17) is 9.84 Å².